The van der Waals surface area contributed by atoms with Gasteiger partial charge in [0.1, 0.15) is 0 Å². The largest absolute Gasteiger partial charge is 0.303 e. The normalized spacial score (nSPS) is 14.2. The molecule has 1 heterocycles. The summed E-state index contributed by atoms with van der Waals surface area (Å²) < 4.78 is 0. The highest BCUT2D eigenvalue weighted by Gasteiger charge is 2.17. The molecule has 4 heteroatoms. The van der Waals surface area contributed by atoms with Crippen molar-refractivity contribution >= 4 is 22.9 Å². The molecule has 2 nitrogen and oxygen atoms in total. The van der Waals surface area contributed by atoms with Crippen LogP contribution in [0.2, 0.25) is 5.02 Å². The molecular formula is C16H21ClN2S. The van der Waals surface area contributed by atoms with Gasteiger partial charge in [0.15, 0.2) is 0 Å². The van der Waals surface area contributed by atoms with Crippen molar-refractivity contribution in [3.05, 3.63) is 50.4 Å². The average Bonchev–Trinajstić information content (AvgIpc) is 2.76. The minimum Gasteiger partial charge on any atom is -0.303 e. The first-order valence-corrected chi connectivity index (χ1v) is 8.16. The van der Waals surface area contributed by atoms with Crippen LogP contribution < -0.4 is 5.32 Å². The maximum atomic E-state index is 5.96. The summed E-state index contributed by atoms with van der Waals surface area (Å²) in [5.41, 5.74) is 2.42. The zero-order valence-electron chi connectivity index (χ0n) is 12.4. The molecule has 0 saturated heterocycles. The molecule has 108 valence electrons. The van der Waals surface area contributed by atoms with Gasteiger partial charge in [-0.1, -0.05) is 30.7 Å². The van der Waals surface area contributed by atoms with Gasteiger partial charge in [0.25, 0.3) is 0 Å². The molecule has 0 fully saturated rings. The Hall–Kier alpha value is -0.900. The molecule has 1 aromatic carbocycles. The molecule has 0 saturated carbocycles. The molecule has 1 N–H and O–H groups in total. The van der Waals surface area contributed by atoms with Gasteiger partial charge < -0.3 is 5.32 Å². The number of rotatable bonds is 5. The molecule has 1 aromatic heterocycles. The molecule has 2 atom stereocenters. The van der Waals surface area contributed by atoms with Gasteiger partial charge in [-0.05, 0) is 44.9 Å². The summed E-state index contributed by atoms with van der Waals surface area (Å²) >= 11 is 7.74. The Labute approximate surface area is 130 Å². The van der Waals surface area contributed by atoms with E-state index in [1.165, 1.54) is 10.4 Å². The van der Waals surface area contributed by atoms with Crippen LogP contribution in [-0.4, -0.2) is 4.98 Å². The molecule has 2 unspecified atom stereocenters. The Morgan fingerprint density at radius 1 is 1.25 bits per heavy atom. The molecule has 0 spiro atoms. The maximum absolute atomic E-state index is 5.96. The van der Waals surface area contributed by atoms with E-state index in [4.69, 9.17) is 11.6 Å². The lowest BCUT2D eigenvalue weighted by Gasteiger charge is -2.22. The fraction of sp³-hybridized carbons (Fsp3) is 0.438. The molecule has 0 amide bonds. The van der Waals surface area contributed by atoms with Gasteiger partial charge in [0, 0.05) is 22.0 Å². The summed E-state index contributed by atoms with van der Waals surface area (Å²) in [4.78, 5) is 5.84. The summed E-state index contributed by atoms with van der Waals surface area (Å²) in [5, 5.41) is 5.61. The molecule has 20 heavy (non-hydrogen) atoms. The van der Waals surface area contributed by atoms with Crippen LogP contribution in [0.4, 0.5) is 0 Å². The van der Waals surface area contributed by atoms with E-state index < -0.39 is 0 Å². The molecule has 0 radical (unpaired) electrons. The molecule has 0 aliphatic rings. The fourth-order valence-electron chi connectivity index (χ4n) is 2.47. The highest BCUT2D eigenvalue weighted by molar-refractivity contribution is 7.11. The number of benzene rings is 1. The number of thiazole rings is 1. The van der Waals surface area contributed by atoms with Crippen LogP contribution in [0.25, 0.3) is 0 Å². The lowest BCUT2D eigenvalue weighted by Crippen LogP contribution is -2.24. The lowest BCUT2D eigenvalue weighted by molar-refractivity contribution is 0.459. The van der Waals surface area contributed by atoms with E-state index in [9.17, 15) is 0 Å². The predicted octanol–water partition coefficient (Wildman–Crippen LogP) is 5.22. The Morgan fingerprint density at radius 2 is 1.90 bits per heavy atom. The Bertz CT molecular complexity index is 562. The second-order valence-corrected chi connectivity index (χ2v) is 6.75. The predicted molar refractivity (Wildman–Crippen MR) is 87.6 cm³/mol. The number of nitrogens with one attached hydrogen (secondary N) is 1. The summed E-state index contributed by atoms with van der Waals surface area (Å²) in [7, 11) is 0. The van der Waals surface area contributed by atoms with Crippen LogP contribution in [0.1, 0.15) is 53.5 Å². The van der Waals surface area contributed by atoms with E-state index in [0.717, 1.165) is 22.1 Å². The molecule has 0 aliphatic carbocycles. The zero-order valence-corrected chi connectivity index (χ0v) is 14.0. The van der Waals surface area contributed by atoms with E-state index in [1.54, 1.807) is 11.3 Å². The van der Waals surface area contributed by atoms with Gasteiger partial charge in [-0.2, -0.15) is 0 Å². The highest BCUT2D eigenvalue weighted by atomic mass is 35.5. The van der Waals surface area contributed by atoms with Crippen molar-refractivity contribution in [1.82, 2.24) is 10.3 Å². The topological polar surface area (TPSA) is 24.9 Å². The number of hydrogen-bond donors (Lipinski definition) is 1. The summed E-state index contributed by atoms with van der Waals surface area (Å²) in [6, 6.07) is 8.75. The zero-order chi connectivity index (χ0) is 14.7. The smallest absolute Gasteiger partial charge is 0.0900 e. The van der Waals surface area contributed by atoms with Gasteiger partial charge in [0.05, 0.1) is 10.7 Å². The first-order chi connectivity index (χ1) is 9.51. The van der Waals surface area contributed by atoms with Gasteiger partial charge in [-0.15, -0.1) is 11.3 Å². The average molecular weight is 309 g/mol. The second-order valence-electron chi connectivity index (χ2n) is 5.08. The standard InChI is InChI=1S/C16H21ClN2S/c1-5-15(13-6-8-14(17)9-7-13)19-11(3)16-10(2)18-12(4)20-16/h6-9,11,15,19H,5H2,1-4H3. The quantitative estimate of drug-likeness (QED) is 0.819. The number of halogens is 1. The minimum absolute atomic E-state index is 0.307. The van der Waals surface area contributed by atoms with Crippen molar-refractivity contribution in [2.75, 3.05) is 0 Å². The van der Waals surface area contributed by atoms with Crippen molar-refractivity contribution < 1.29 is 0 Å². The first-order valence-electron chi connectivity index (χ1n) is 6.96. The molecule has 0 aliphatic heterocycles. The van der Waals surface area contributed by atoms with Crippen LogP contribution in [0.3, 0.4) is 0 Å². The third-order valence-corrected chi connectivity index (χ3v) is 4.97. The number of aromatic nitrogens is 1. The number of aryl methyl sites for hydroxylation is 2. The lowest BCUT2D eigenvalue weighted by atomic mass is 10.0. The maximum Gasteiger partial charge on any atom is 0.0900 e. The van der Waals surface area contributed by atoms with Crippen molar-refractivity contribution in [1.29, 1.82) is 0 Å². The van der Waals surface area contributed by atoms with Crippen molar-refractivity contribution in [2.45, 2.75) is 46.2 Å². The fourth-order valence-corrected chi connectivity index (χ4v) is 3.54. The van der Waals surface area contributed by atoms with Crippen molar-refractivity contribution in [3.63, 3.8) is 0 Å². The van der Waals surface area contributed by atoms with Gasteiger partial charge >= 0.3 is 0 Å². The van der Waals surface area contributed by atoms with Gasteiger partial charge in [-0.25, -0.2) is 4.98 Å². The molecule has 0 bridgehead atoms. The van der Waals surface area contributed by atoms with Crippen LogP contribution in [-0.2, 0) is 0 Å². The third-order valence-electron chi connectivity index (χ3n) is 3.46. The monoisotopic (exact) mass is 308 g/mol. The van der Waals surface area contributed by atoms with E-state index in [-0.39, 0.29) is 0 Å². The van der Waals surface area contributed by atoms with Gasteiger partial charge in [0.2, 0.25) is 0 Å². The number of nitrogens with zero attached hydrogens (tertiary/aromatic N) is 1. The Kier molecular flexibility index (Phi) is 5.19. The molecule has 2 rings (SSSR count). The van der Waals surface area contributed by atoms with E-state index in [1.807, 2.05) is 12.1 Å². The summed E-state index contributed by atoms with van der Waals surface area (Å²) in [5.74, 6) is 0. The SMILES string of the molecule is CCC(NC(C)c1sc(C)nc1C)c1ccc(Cl)cc1. The Morgan fingerprint density at radius 3 is 2.40 bits per heavy atom. The van der Waals surface area contributed by atoms with Crippen LogP contribution in [0.15, 0.2) is 24.3 Å². The van der Waals surface area contributed by atoms with E-state index in [2.05, 4.69) is 50.1 Å². The highest BCUT2D eigenvalue weighted by Crippen LogP contribution is 2.28. The van der Waals surface area contributed by atoms with Crippen molar-refractivity contribution in [2.24, 2.45) is 0 Å². The molecular weight excluding hydrogens is 288 g/mol. The van der Waals surface area contributed by atoms with E-state index in [0.29, 0.717) is 12.1 Å². The third kappa shape index (κ3) is 3.60. The molecule has 2 aromatic rings. The number of hydrogen-bond acceptors (Lipinski definition) is 3. The Balaban J connectivity index is 2.13. The summed E-state index contributed by atoms with van der Waals surface area (Å²) in [6.45, 7) is 8.55. The van der Waals surface area contributed by atoms with E-state index >= 15 is 0 Å². The van der Waals surface area contributed by atoms with Gasteiger partial charge in [-0.3, -0.25) is 0 Å². The van der Waals surface area contributed by atoms with Crippen LogP contribution in [0, 0.1) is 13.8 Å². The van der Waals surface area contributed by atoms with Crippen LogP contribution >= 0.6 is 22.9 Å². The minimum atomic E-state index is 0.307. The second kappa shape index (κ2) is 6.70. The first kappa shape index (κ1) is 15.5. The van der Waals surface area contributed by atoms with Crippen LogP contribution in [0.5, 0.6) is 0 Å². The summed E-state index contributed by atoms with van der Waals surface area (Å²) in [6.07, 6.45) is 1.04. The van der Waals surface area contributed by atoms with Crippen molar-refractivity contribution in [3.8, 4) is 0 Å².